The van der Waals surface area contributed by atoms with Gasteiger partial charge in [0.25, 0.3) is 0 Å². The number of alkyl halides is 5. The SMILES string of the molecule is O=C1C2(Cl)C3C4C5O[C@@H]5[C@H]5[C@@H]3[C@@](Cl)(C2(Cl)Cl)[C@]1(Cl)[C@@H]45. The molecule has 0 aromatic rings. The van der Waals surface area contributed by atoms with Crippen molar-refractivity contribution >= 4 is 63.8 Å². The van der Waals surface area contributed by atoms with Crippen LogP contribution in [0.3, 0.4) is 0 Å². The summed E-state index contributed by atoms with van der Waals surface area (Å²) in [6.45, 7) is 0. The molecule has 1 heterocycles. The Kier molecular flexibility index (Phi) is 1.52. The molecule has 7 heteroatoms. The molecule has 19 heavy (non-hydrogen) atoms. The minimum Gasteiger partial charge on any atom is -0.369 e. The molecule has 0 amide bonds. The summed E-state index contributed by atoms with van der Waals surface area (Å²) in [5.41, 5.74) is 0. The fraction of sp³-hybridized carbons (Fsp3) is 0.917. The molecule has 0 radical (unpaired) electrons. The molecule has 1 aliphatic heterocycles. The first-order chi connectivity index (χ1) is 8.75. The van der Waals surface area contributed by atoms with Crippen molar-refractivity contribution in [3.63, 3.8) is 0 Å². The monoisotopic (exact) mass is 358 g/mol. The molecule has 0 aromatic heterocycles. The molecule has 6 rings (SSSR count). The molecule has 0 spiro atoms. The standard InChI is InChI=1S/C12H7Cl5O2/c13-9-3-1-4-5(2(3)7-6(1)19-7)11(9,15)12(16,17)10(4,14)8(9)18/h1-7H/t1?,2-,3+,4?,5+,6?,7-,9+,10?,11+/m1/s1. The van der Waals surface area contributed by atoms with Crippen LogP contribution in [0.25, 0.3) is 0 Å². The average Bonchev–Trinajstić information content (AvgIpc) is 2.89. The van der Waals surface area contributed by atoms with Crippen molar-refractivity contribution in [2.45, 2.75) is 31.2 Å². The number of halogens is 5. The van der Waals surface area contributed by atoms with Crippen molar-refractivity contribution in [3.05, 3.63) is 0 Å². The van der Waals surface area contributed by atoms with E-state index in [-0.39, 0.29) is 47.6 Å². The highest BCUT2D eigenvalue weighted by molar-refractivity contribution is 6.69. The molecule has 5 saturated carbocycles. The van der Waals surface area contributed by atoms with Crippen LogP contribution >= 0.6 is 58.0 Å². The number of ketones is 1. The second-order valence-corrected chi connectivity index (χ2v) is 9.95. The lowest BCUT2D eigenvalue weighted by Crippen LogP contribution is -2.64. The van der Waals surface area contributed by atoms with Crippen LogP contribution in [0.15, 0.2) is 0 Å². The van der Waals surface area contributed by atoms with Crippen molar-refractivity contribution in [2.75, 3.05) is 0 Å². The molecule has 4 unspecified atom stereocenters. The highest BCUT2D eigenvalue weighted by Crippen LogP contribution is 2.93. The van der Waals surface area contributed by atoms with Gasteiger partial charge in [0.15, 0.2) is 10.1 Å². The van der Waals surface area contributed by atoms with Crippen molar-refractivity contribution in [3.8, 4) is 0 Å². The fourth-order valence-electron chi connectivity index (χ4n) is 6.58. The number of carbonyl (C=O) groups excluding carboxylic acids is 1. The molecular weight excluding hydrogens is 353 g/mol. The lowest BCUT2D eigenvalue weighted by atomic mass is 9.62. The van der Waals surface area contributed by atoms with E-state index in [0.29, 0.717) is 0 Å². The van der Waals surface area contributed by atoms with E-state index in [1.807, 2.05) is 0 Å². The van der Waals surface area contributed by atoms with Crippen LogP contribution in [-0.2, 0) is 9.53 Å². The summed E-state index contributed by atoms with van der Waals surface area (Å²) in [6.07, 6.45) is 0.369. The maximum atomic E-state index is 12.8. The van der Waals surface area contributed by atoms with Gasteiger partial charge in [0.1, 0.15) is 14.6 Å². The Morgan fingerprint density at radius 2 is 1.42 bits per heavy atom. The zero-order valence-corrected chi connectivity index (χ0v) is 13.0. The van der Waals surface area contributed by atoms with Gasteiger partial charge >= 0.3 is 0 Å². The third-order valence-electron chi connectivity index (χ3n) is 6.85. The van der Waals surface area contributed by atoms with Crippen molar-refractivity contribution in [2.24, 2.45) is 29.6 Å². The molecule has 1 saturated heterocycles. The van der Waals surface area contributed by atoms with Crippen molar-refractivity contribution in [1.82, 2.24) is 0 Å². The second-order valence-electron chi connectivity index (χ2n) is 6.84. The minimum absolute atomic E-state index is 0.00406. The number of rotatable bonds is 0. The van der Waals surface area contributed by atoms with Crippen LogP contribution in [-0.4, -0.2) is 36.9 Å². The molecule has 102 valence electrons. The quantitative estimate of drug-likeness (QED) is 0.491. The molecule has 2 nitrogen and oxygen atoms in total. The van der Waals surface area contributed by atoms with Gasteiger partial charge in [0.05, 0.1) is 12.2 Å². The van der Waals surface area contributed by atoms with Gasteiger partial charge in [-0.2, -0.15) is 0 Å². The smallest absolute Gasteiger partial charge is 0.180 e. The molecule has 6 bridgehead atoms. The van der Waals surface area contributed by atoms with Gasteiger partial charge in [-0.05, 0) is 29.6 Å². The van der Waals surface area contributed by atoms with Gasteiger partial charge in [-0.3, -0.25) is 4.79 Å². The molecular formula is C12H7Cl5O2. The number of Topliss-reactive ketones (excluding diaryl/α,β-unsaturated/α-hetero) is 1. The Hall–Kier alpha value is 1.08. The number of carbonyl (C=O) groups is 1. The summed E-state index contributed by atoms with van der Waals surface area (Å²) in [5, 5.41) is 0. The van der Waals surface area contributed by atoms with Crippen LogP contribution in [0.2, 0.25) is 0 Å². The minimum atomic E-state index is -1.50. The average molecular weight is 360 g/mol. The van der Waals surface area contributed by atoms with Gasteiger partial charge in [-0.15, -0.1) is 34.8 Å². The molecule has 0 N–H and O–H groups in total. The van der Waals surface area contributed by atoms with Crippen molar-refractivity contribution in [1.29, 1.82) is 0 Å². The predicted octanol–water partition coefficient (Wildman–Crippen LogP) is 2.58. The fourth-order valence-corrected chi connectivity index (χ4v) is 9.68. The third-order valence-corrected chi connectivity index (χ3v) is 10.8. The maximum Gasteiger partial charge on any atom is 0.180 e. The molecule has 5 aliphatic carbocycles. The molecule has 10 atom stereocenters. The van der Waals surface area contributed by atoms with Crippen molar-refractivity contribution < 1.29 is 9.53 Å². The molecule has 6 fully saturated rings. The van der Waals surface area contributed by atoms with Gasteiger partial charge in [-0.25, -0.2) is 0 Å². The number of hydrogen-bond donors (Lipinski definition) is 0. The summed E-state index contributed by atoms with van der Waals surface area (Å²) in [4.78, 5) is 9.09. The molecule has 6 aliphatic rings. The Morgan fingerprint density at radius 3 is 2.05 bits per heavy atom. The maximum absolute atomic E-state index is 12.8. The summed E-state index contributed by atoms with van der Waals surface area (Å²) in [7, 11) is 0. The summed E-state index contributed by atoms with van der Waals surface area (Å²) < 4.78 is 4.20. The third kappa shape index (κ3) is 0.656. The van der Waals surface area contributed by atoms with E-state index in [4.69, 9.17) is 62.7 Å². The summed E-state index contributed by atoms with van der Waals surface area (Å²) in [5.74, 6) is 0.0702. The van der Waals surface area contributed by atoms with Crippen LogP contribution < -0.4 is 0 Å². The largest absolute Gasteiger partial charge is 0.369 e. The number of ether oxygens (including phenoxy) is 1. The summed E-state index contributed by atoms with van der Waals surface area (Å²) >= 11 is 33.3. The van der Waals surface area contributed by atoms with Gasteiger partial charge in [0, 0.05) is 0 Å². The zero-order chi connectivity index (χ0) is 13.3. The Labute approximate surface area is 134 Å². The van der Waals surface area contributed by atoms with Crippen LogP contribution in [0.4, 0.5) is 0 Å². The first kappa shape index (κ1) is 11.6. The highest BCUT2D eigenvalue weighted by Gasteiger charge is 3.05. The zero-order valence-electron chi connectivity index (χ0n) is 9.25. The number of fused-ring (bicyclic) bond motifs is 5. The van der Waals surface area contributed by atoms with E-state index in [1.54, 1.807) is 0 Å². The number of epoxide rings is 1. The van der Waals surface area contributed by atoms with E-state index >= 15 is 0 Å². The Morgan fingerprint density at radius 1 is 0.842 bits per heavy atom. The predicted molar refractivity (Wildman–Crippen MR) is 71.3 cm³/mol. The topological polar surface area (TPSA) is 29.6 Å². The van der Waals surface area contributed by atoms with E-state index in [0.717, 1.165) is 0 Å². The Balaban J connectivity index is 1.78. The lowest BCUT2D eigenvalue weighted by molar-refractivity contribution is -0.130. The van der Waals surface area contributed by atoms with Gasteiger partial charge < -0.3 is 4.74 Å². The first-order valence-corrected chi connectivity index (χ1v) is 8.29. The normalized spacial score (nSPS) is 79.2. The Bertz CT molecular complexity index is 599. The van der Waals surface area contributed by atoms with E-state index < -0.39 is 19.0 Å². The lowest BCUT2D eigenvalue weighted by Gasteiger charge is -2.49. The highest BCUT2D eigenvalue weighted by atomic mass is 35.5. The van der Waals surface area contributed by atoms with Gasteiger partial charge in [0.2, 0.25) is 0 Å². The number of hydrogen-bond acceptors (Lipinski definition) is 2. The second kappa shape index (κ2) is 2.49. The van der Waals surface area contributed by atoms with E-state index in [9.17, 15) is 4.79 Å². The van der Waals surface area contributed by atoms with Crippen LogP contribution in [0.1, 0.15) is 0 Å². The van der Waals surface area contributed by atoms with E-state index in [2.05, 4.69) is 0 Å². The van der Waals surface area contributed by atoms with Crippen LogP contribution in [0, 0.1) is 29.6 Å². The first-order valence-electron chi connectivity index (χ1n) is 6.40. The molecule has 0 aromatic carbocycles. The van der Waals surface area contributed by atoms with Crippen LogP contribution in [0.5, 0.6) is 0 Å². The van der Waals surface area contributed by atoms with Gasteiger partial charge in [-0.1, -0.05) is 23.2 Å². The van der Waals surface area contributed by atoms with E-state index in [1.165, 1.54) is 0 Å². The summed E-state index contributed by atoms with van der Waals surface area (Å²) in [6, 6.07) is 0.